The zero-order valence-electron chi connectivity index (χ0n) is 15.0. The summed E-state index contributed by atoms with van der Waals surface area (Å²) in [5.41, 5.74) is 8.48. The van der Waals surface area contributed by atoms with E-state index < -0.39 is 0 Å². The molecular weight excluding hydrogens is 352 g/mol. The molecule has 0 saturated heterocycles. The molecule has 1 aromatic carbocycles. The van der Waals surface area contributed by atoms with Crippen LogP contribution in [-0.2, 0) is 0 Å². The lowest BCUT2D eigenvalue weighted by molar-refractivity contribution is 0.324. The van der Waals surface area contributed by atoms with E-state index in [-0.39, 0.29) is 0 Å². The number of aryl methyl sites for hydroxylation is 1. The number of nitrogens with zero attached hydrogens (tertiary/aromatic N) is 2. The number of nitrogens with one attached hydrogen (secondary N) is 1. The Morgan fingerprint density at radius 3 is 2.27 bits per heavy atom. The van der Waals surface area contributed by atoms with Crippen molar-refractivity contribution in [2.75, 3.05) is 32.4 Å². The summed E-state index contributed by atoms with van der Waals surface area (Å²) in [4.78, 5) is 9.68. The maximum Gasteiger partial charge on any atom is 0.203 e. The van der Waals surface area contributed by atoms with Crippen LogP contribution in [0.5, 0.6) is 17.2 Å². The third kappa shape index (κ3) is 3.50. The Kier molecular flexibility index (Phi) is 5.13. The van der Waals surface area contributed by atoms with Crippen molar-refractivity contribution >= 4 is 28.0 Å². The molecule has 0 unspecified atom stereocenters. The Bertz CT molecular complexity index is 902. The second-order valence-corrected chi connectivity index (χ2v) is 6.47. The number of nitrogens with two attached hydrogens (primary N) is 1. The summed E-state index contributed by atoms with van der Waals surface area (Å²) < 4.78 is 16.1. The summed E-state index contributed by atoms with van der Waals surface area (Å²) in [5, 5.41) is 3.82. The van der Waals surface area contributed by atoms with Crippen LogP contribution in [0.2, 0.25) is 0 Å². The van der Waals surface area contributed by atoms with Gasteiger partial charge in [-0.2, -0.15) is 0 Å². The number of rotatable bonds is 6. The first-order valence-electron chi connectivity index (χ1n) is 7.82. The molecule has 8 heteroatoms. The molecule has 0 bridgehead atoms. The van der Waals surface area contributed by atoms with Crippen LogP contribution in [0.15, 0.2) is 30.5 Å². The molecule has 3 N–H and O–H groups in total. The maximum absolute atomic E-state index is 5.81. The van der Waals surface area contributed by atoms with Crippen LogP contribution in [0.1, 0.15) is 5.69 Å². The third-order valence-corrected chi connectivity index (χ3v) is 4.81. The average molecular weight is 372 g/mol. The van der Waals surface area contributed by atoms with E-state index in [1.54, 1.807) is 27.5 Å². The molecule has 0 aliphatic rings. The number of hydrogen-bond acceptors (Lipinski definition) is 8. The minimum atomic E-state index is 0.540. The molecule has 0 aliphatic heterocycles. The lowest BCUT2D eigenvalue weighted by atomic mass is 10.2. The molecule has 136 valence electrons. The monoisotopic (exact) mass is 372 g/mol. The molecule has 0 saturated carbocycles. The van der Waals surface area contributed by atoms with Gasteiger partial charge in [0.2, 0.25) is 5.75 Å². The third-order valence-electron chi connectivity index (χ3n) is 3.77. The predicted molar refractivity (Wildman–Crippen MR) is 104 cm³/mol. The van der Waals surface area contributed by atoms with Gasteiger partial charge in [0.15, 0.2) is 16.6 Å². The molecule has 0 fully saturated rings. The van der Waals surface area contributed by atoms with Crippen molar-refractivity contribution in [1.82, 2.24) is 9.97 Å². The molecule has 2 aromatic heterocycles. The van der Waals surface area contributed by atoms with E-state index in [1.165, 1.54) is 11.3 Å². The molecule has 0 aliphatic carbocycles. The smallest absolute Gasteiger partial charge is 0.203 e. The van der Waals surface area contributed by atoms with E-state index in [4.69, 9.17) is 19.9 Å². The molecule has 0 radical (unpaired) electrons. The highest BCUT2D eigenvalue weighted by Gasteiger charge is 2.14. The molecule has 3 rings (SSSR count). The largest absolute Gasteiger partial charge is 0.493 e. The lowest BCUT2D eigenvalue weighted by Gasteiger charge is -2.15. The van der Waals surface area contributed by atoms with Crippen LogP contribution >= 0.6 is 11.3 Å². The summed E-state index contributed by atoms with van der Waals surface area (Å²) in [6.07, 6.45) is 1.74. The van der Waals surface area contributed by atoms with Gasteiger partial charge in [0.1, 0.15) is 5.82 Å². The van der Waals surface area contributed by atoms with Crippen molar-refractivity contribution in [3.05, 3.63) is 36.2 Å². The van der Waals surface area contributed by atoms with Crippen molar-refractivity contribution in [3.63, 3.8) is 0 Å². The lowest BCUT2D eigenvalue weighted by Crippen LogP contribution is -1.99. The van der Waals surface area contributed by atoms with Crippen LogP contribution in [0.4, 0.5) is 16.6 Å². The Hall–Kier alpha value is -3.00. The van der Waals surface area contributed by atoms with Gasteiger partial charge in [0, 0.05) is 24.0 Å². The van der Waals surface area contributed by atoms with E-state index in [9.17, 15) is 0 Å². The van der Waals surface area contributed by atoms with Gasteiger partial charge in [0.25, 0.3) is 0 Å². The highest BCUT2D eigenvalue weighted by molar-refractivity contribution is 7.18. The minimum absolute atomic E-state index is 0.540. The Morgan fingerprint density at radius 2 is 1.73 bits per heavy atom. The van der Waals surface area contributed by atoms with E-state index in [0.29, 0.717) is 28.2 Å². The topological polar surface area (TPSA) is 91.5 Å². The second kappa shape index (κ2) is 7.49. The molecule has 2 heterocycles. The molecule has 26 heavy (non-hydrogen) atoms. The quantitative estimate of drug-likeness (QED) is 0.679. The number of aromatic nitrogens is 2. The SMILES string of the molecule is COc1cc(Nc2cc(-c3sc(N)nc3C)ccn2)cc(OC)c1OC. The molecule has 0 spiro atoms. The number of pyridine rings is 1. The van der Waals surface area contributed by atoms with Crippen LogP contribution in [-0.4, -0.2) is 31.3 Å². The van der Waals surface area contributed by atoms with Gasteiger partial charge in [-0.3, -0.25) is 0 Å². The molecule has 0 amide bonds. The Morgan fingerprint density at radius 1 is 1.04 bits per heavy atom. The average Bonchev–Trinajstić information content (AvgIpc) is 2.99. The number of methoxy groups -OCH3 is 3. The van der Waals surface area contributed by atoms with Gasteiger partial charge >= 0.3 is 0 Å². The van der Waals surface area contributed by atoms with E-state index >= 15 is 0 Å². The van der Waals surface area contributed by atoms with Crippen molar-refractivity contribution in [2.24, 2.45) is 0 Å². The van der Waals surface area contributed by atoms with Crippen molar-refractivity contribution in [3.8, 4) is 27.7 Å². The first-order valence-corrected chi connectivity index (χ1v) is 8.63. The van der Waals surface area contributed by atoms with Gasteiger partial charge in [0.05, 0.1) is 31.9 Å². The standard InChI is InChI=1S/C18H20N4O3S/c1-10-17(26-18(19)21-10)11-5-6-20-15(7-11)22-12-8-13(23-2)16(25-4)14(9-12)24-3/h5-9H,1-4H3,(H2,19,21)(H,20,22). The molecular formula is C18H20N4O3S. The highest BCUT2D eigenvalue weighted by atomic mass is 32.1. The van der Waals surface area contributed by atoms with Crippen LogP contribution < -0.4 is 25.3 Å². The summed E-state index contributed by atoms with van der Waals surface area (Å²) >= 11 is 1.45. The summed E-state index contributed by atoms with van der Waals surface area (Å²) in [6.45, 7) is 1.94. The van der Waals surface area contributed by atoms with Gasteiger partial charge < -0.3 is 25.3 Å². The second-order valence-electron chi connectivity index (χ2n) is 5.44. The van der Waals surface area contributed by atoms with Gasteiger partial charge in [-0.25, -0.2) is 9.97 Å². The predicted octanol–water partition coefficient (Wildman–Crippen LogP) is 3.87. The Labute approximate surface area is 155 Å². The number of ether oxygens (including phenoxy) is 3. The highest BCUT2D eigenvalue weighted by Crippen LogP contribution is 2.40. The molecule has 7 nitrogen and oxygen atoms in total. The minimum Gasteiger partial charge on any atom is -0.493 e. The fourth-order valence-electron chi connectivity index (χ4n) is 2.63. The zero-order chi connectivity index (χ0) is 18.7. The van der Waals surface area contributed by atoms with E-state index in [2.05, 4.69) is 15.3 Å². The fraction of sp³-hybridized carbons (Fsp3) is 0.222. The number of anilines is 3. The van der Waals surface area contributed by atoms with Crippen molar-refractivity contribution in [2.45, 2.75) is 6.92 Å². The van der Waals surface area contributed by atoms with Crippen molar-refractivity contribution in [1.29, 1.82) is 0 Å². The molecule has 0 atom stereocenters. The summed E-state index contributed by atoms with van der Waals surface area (Å²) in [5.74, 6) is 2.36. The summed E-state index contributed by atoms with van der Waals surface area (Å²) in [6, 6.07) is 7.53. The molecule has 3 aromatic rings. The summed E-state index contributed by atoms with van der Waals surface area (Å²) in [7, 11) is 4.73. The van der Waals surface area contributed by atoms with Crippen LogP contribution in [0.3, 0.4) is 0 Å². The number of benzene rings is 1. The van der Waals surface area contributed by atoms with E-state index in [0.717, 1.165) is 21.8 Å². The number of thiazole rings is 1. The normalized spacial score (nSPS) is 10.5. The van der Waals surface area contributed by atoms with Crippen LogP contribution in [0.25, 0.3) is 10.4 Å². The first kappa shape index (κ1) is 17.8. The Balaban J connectivity index is 1.94. The van der Waals surface area contributed by atoms with Crippen LogP contribution in [0, 0.1) is 6.92 Å². The first-order chi connectivity index (χ1) is 12.5. The van der Waals surface area contributed by atoms with Gasteiger partial charge in [-0.1, -0.05) is 11.3 Å². The fourth-order valence-corrected chi connectivity index (χ4v) is 3.46. The van der Waals surface area contributed by atoms with Gasteiger partial charge in [-0.15, -0.1) is 0 Å². The number of hydrogen-bond donors (Lipinski definition) is 2. The van der Waals surface area contributed by atoms with E-state index in [1.807, 2.05) is 31.2 Å². The zero-order valence-corrected chi connectivity index (χ0v) is 15.8. The van der Waals surface area contributed by atoms with Gasteiger partial charge in [-0.05, 0) is 24.6 Å². The number of nitrogen functional groups attached to an aromatic ring is 1. The van der Waals surface area contributed by atoms with Crippen molar-refractivity contribution < 1.29 is 14.2 Å². The maximum atomic E-state index is 5.81.